The molecule has 6 heteroatoms. The molecule has 2 amide bonds. The first-order valence-corrected chi connectivity index (χ1v) is 5.35. The number of carbonyl (C=O) groups excluding carboxylic acids is 2. The number of nitrogens with two attached hydrogens (primary N) is 2. The van der Waals surface area contributed by atoms with Gasteiger partial charge in [0.25, 0.3) is 5.91 Å². The van der Waals surface area contributed by atoms with Gasteiger partial charge in [0, 0.05) is 15.7 Å². The van der Waals surface area contributed by atoms with Crippen LogP contribution in [0.5, 0.6) is 0 Å². The molecule has 1 unspecified atom stereocenters. The highest BCUT2D eigenvalue weighted by atomic mass is 79.9. The quantitative estimate of drug-likeness (QED) is 0.711. The van der Waals surface area contributed by atoms with Crippen LogP contribution >= 0.6 is 15.9 Å². The lowest BCUT2D eigenvalue weighted by molar-refractivity contribution is -0.119. The Balaban J connectivity index is 2.84. The van der Waals surface area contributed by atoms with E-state index in [0.717, 1.165) is 0 Å². The lowest BCUT2D eigenvalue weighted by atomic mass is 10.2. The third-order valence-electron chi connectivity index (χ3n) is 1.96. The van der Waals surface area contributed by atoms with Crippen LogP contribution in [0, 0.1) is 0 Å². The Kier molecular flexibility index (Phi) is 3.89. The highest BCUT2D eigenvalue weighted by molar-refractivity contribution is 9.10. The topological polar surface area (TPSA) is 98.2 Å². The predicted molar refractivity (Wildman–Crippen MR) is 64.7 cm³/mol. The van der Waals surface area contributed by atoms with Crippen LogP contribution in [0.3, 0.4) is 0 Å². The van der Waals surface area contributed by atoms with Crippen LogP contribution in [0.15, 0.2) is 22.7 Å². The number of halogens is 1. The second-order valence-electron chi connectivity index (χ2n) is 3.37. The Labute approximate surface area is 101 Å². The summed E-state index contributed by atoms with van der Waals surface area (Å²) in [5.74, 6) is -0.976. The summed E-state index contributed by atoms with van der Waals surface area (Å²) in [7, 11) is 0. The number of nitrogen functional groups attached to an aromatic ring is 1. The van der Waals surface area contributed by atoms with Crippen molar-refractivity contribution in [3.63, 3.8) is 0 Å². The number of carbonyl (C=O) groups is 2. The van der Waals surface area contributed by atoms with Crippen molar-refractivity contribution in [3.05, 3.63) is 28.2 Å². The minimum Gasteiger partial charge on any atom is -0.399 e. The zero-order chi connectivity index (χ0) is 12.3. The molecular weight excluding hydrogens is 274 g/mol. The molecule has 0 aliphatic carbocycles. The average Bonchev–Trinajstić information content (AvgIpc) is 2.15. The van der Waals surface area contributed by atoms with Crippen LogP contribution < -0.4 is 16.8 Å². The molecule has 0 aliphatic heterocycles. The normalized spacial score (nSPS) is 11.9. The third kappa shape index (κ3) is 3.23. The molecule has 0 bridgehead atoms. The number of amides is 2. The lowest BCUT2D eigenvalue weighted by Crippen LogP contribution is -2.42. The van der Waals surface area contributed by atoms with Crippen molar-refractivity contribution in [3.8, 4) is 0 Å². The predicted octanol–water partition coefficient (Wildman–Crippen LogP) is 0.635. The second kappa shape index (κ2) is 4.98. The van der Waals surface area contributed by atoms with E-state index >= 15 is 0 Å². The summed E-state index contributed by atoms with van der Waals surface area (Å²) in [5.41, 5.74) is 11.5. The van der Waals surface area contributed by atoms with Crippen molar-refractivity contribution in [2.24, 2.45) is 5.73 Å². The smallest absolute Gasteiger partial charge is 0.252 e. The van der Waals surface area contributed by atoms with Gasteiger partial charge in [-0.25, -0.2) is 0 Å². The standard InChI is InChI=1S/C10H12BrN3O2/c1-5(9(13)15)14-10(16)6-2-7(11)4-8(12)3-6/h2-5H,12H2,1H3,(H2,13,15)(H,14,16). The number of benzene rings is 1. The van der Waals surface area contributed by atoms with Crippen LogP contribution in [0.4, 0.5) is 5.69 Å². The van der Waals surface area contributed by atoms with Gasteiger partial charge in [-0.3, -0.25) is 9.59 Å². The molecule has 0 fully saturated rings. The first kappa shape index (κ1) is 12.5. The van der Waals surface area contributed by atoms with Gasteiger partial charge in [-0.15, -0.1) is 0 Å². The van der Waals surface area contributed by atoms with E-state index in [9.17, 15) is 9.59 Å². The van der Waals surface area contributed by atoms with E-state index in [-0.39, 0.29) is 5.91 Å². The molecule has 16 heavy (non-hydrogen) atoms. The molecule has 1 aromatic rings. The number of primary amides is 1. The van der Waals surface area contributed by atoms with E-state index in [1.807, 2.05) is 0 Å². The van der Waals surface area contributed by atoms with E-state index in [1.54, 1.807) is 12.1 Å². The Morgan fingerprint density at radius 1 is 1.38 bits per heavy atom. The maximum atomic E-state index is 11.7. The van der Waals surface area contributed by atoms with Gasteiger partial charge in [0.1, 0.15) is 6.04 Å². The van der Waals surface area contributed by atoms with Crippen LogP contribution in [-0.2, 0) is 4.79 Å². The highest BCUT2D eigenvalue weighted by Gasteiger charge is 2.14. The molecule has 0 aliphatic rings. The van der Waals surface area contributed by atoms with Gasteiger partial charge in [0.2, 0.25) is 5.91 Å². The summed E-state index contributed by atoms with van der Waals surface area (Å²) in [6.45, 7) is 1.52. The number of nitrogens with one attached hydrogen (secondary N) is 1. The number of hydrogen-bond donors (Lipinski definition) is 3. The van der Waals surface area contributed by atoms with Crippen LogP contribution in [0.2, 0.25) is 0 Å². The molecule has 1 atom stereocenters. The van der Waals surface area contributed by atoms with E-state index in [4.69, 9.17) is 11.5 Å². The van der Waals surface area contributed by atoms with Crippen molar-refractivity contribution in [2.45, 2.75) is 13.0 Å². The maximum absolute atomic E-state index is 11.7. The number of rotatable bonds is 3. The molecule has 0 spiro atoms. The fourth-order valence-corrected chi connectivity index (χ4v) is 1.61. The Bertz CT molecular complexity index is 414. The Morgan fingerprint density at radius 3 is 2.50 bits per heavy atom. The van der Waals surface area contributed by atoms with Crippen LogP contribution in [-0.4, -0.2) is 17.9 Å². The maximum Gasteiger partial charge on any atom is 0.252 e. The molecule has 0 heterocycles. The van der Waals surface area contributed by atoms with Gasteiger partial charge in [0.15, 0.2) is 0 Å². The van der Waals surface area contributed by atoms with Crippen LogP contribution in [0.1, 0.15) is 17.3 Å². The van der Waals surface area contributed by atoms with E-state index in [2.05, 4.69) is 21.2 Å². The molecule has 1 rings (SSSR count). The molecule has 86 valence electrons. The molecule has 0 radical (unpaired) electrons. The Morgan fingerprint density at radius 2 is 2.00 bits per heavy atom. The highest BCUT2D eigenvalue weighted by Crippen LogP contribution is 2.17. The van der Waals surface area contributed by atoms with E-state index in [1.165, 1.54) is 13.0 Å². The summed E-state index contributed by atoms with van der Waals surface area (Å²) in [6.07, 6.45) is 0. The second-order valence-corrected chi connectivity index (χ2v) is 4.29. The van der Waals surface area contributed by atoms with Gasteiger partial charge >= 0.3 is 0 Å². The van der Waals surface area contributed by atoms with Crippen molar-refractivity contribution in [1.29, 1.82) is 0 Å². The first-order chi connectivity index (χ1) is 7.40. The molecule has 5 nitrogen and oxygen atoms in total. The fourth-order valence-electron chi connectivity index (χ4n) is 1.09. The summed E-state index contributed by atoms with van der Waals surface area (Å²) in [4.78, 5) is 22.4. The number of hydrogen-bond acceptors (Lipinski definition) is 3. The van der Waals surface area contributed by atoms with Crippen molar-refractivity contribution < 1.29 is 9.59 Å². The minimum atomic E-state index is -0.715. The third-order valence-corrected chi connectivity index (χ3v) is 2.41. The minimum absolute atomic E-state index is 0.375. The monoisotopic (exact) mass is 285 g/mol. The SMILES string of the molecule is CC(NC(=O)c1cc(N)cc(Br)c1)C(N)=O. The van der Waals surface area contributed by atoms with Gasteiger partial charge < -0.3 is 16.8 Å². The number of anilines is 1. The fraction of sp³-hybridized carbons (Fsp3) is 0.200. The van der Waals surface area contributed by atoms with Gasteiger partial charge in [-0.2, -0.15) is 0 Å². The zero-order valence-corrected chi connectivity index (χ0v) is 10.2. The van der Waals surface area contributed by atoms with E-state index < -0.39 is 11.9 Å². The Hall–Kier alpha value is -1.56. The molecule has 0 aromatic heterocycles. The van der Waals surface area contributed by atoms with Gasteiger partial charge in [-0.05, 0) is 25.1 Å². The largest absolute Gasteiger partial charge is 0.399 e. The molecule has 1 aromatic carbocycles. The van der Waals surface area contributed by atoms with Crippen LogP contribution in [0.25, 0.3) is 0 Å². The molecule has 0 saturated carbocycles. The lowest BCUT2D eigenvalue weighted by Gasteiger charge is -2.10. The zero-order valence-electron chi connectivity index (χ0n) is 8.66. The summed E-state index contributed by atoms with van der Waals surface area (Å²) in [5, 5.41) is 2.46. The molecular formula is C10H12BrN3O2. The van der Waals surface area contributed by atoms with Gasteiger partial charge in [0.05, 0.1) is 0 Å². The summed E-state index contributed by atoms with van der Waals surface area (Å²) >= 11 is 3.22. The van der Waals surface area contributed by atoms with E-state index in [0.29, 0.717) is 15.7 Å². The van der Waals surface area contributed by atoms with Gasteiger partial charge in [-0.1, -0.05) is 15.9 Å². The van der Waals surface area contributed by atoms with Crippen molar-refractivity contribution >= 4 is 33.4 Å². The average molecular weight is 286 g/mol. The molecule has 0 saturated heterocycles. The summed E-state index contributed by atoms with van der Waals surface area (Å²) in [6, 6.07) is 4.09. The first-order valence-electron chi connectivity index (χ1n) is 4.56. The molecule has 5 N–H and O–H groups in total. The summed E-state index contributed by atoms with van der Waals surface area (Å²) < 4.78 is 0.698. The van der Waals surface area contributed by atoms with Crippen molar-refractivity contribution in [2.75, 3.05) is 5.73 Å². The van der Waals surface area contributed by atoms with Crippen molar-refractivity contribution in [1.82, 2.24) is 5.32 Å².